The average molecular weight is 287 g/mol. The fourth-order valence-corrected chi connectivity index (χ4v) is 2.03. The lowest BCUT2D eigenvalue weighted by molar-refractivity contribution is 0.0954. The van der Waals surface area contributed by atoms with Crippen LogP contribution in [0.15, 0.2) is 48.5 Å². The number of ether oxygens (including phenoxy) is 1. The monoisotopic (exact) mass is 287 g/mol. The van der Waals surface area contributed by atoms with Crippen LogP contribution in [0, 0.1) is 5.82 Å². The van der Waals surface area contributed by atoms with E-state index in [2.05, 4.69) is 5.32 Å². The molecule has 110 valence electrons. The first-order valence-electron chi connectivity index (χ1n) is 6.79. The first-order valence-corrected chi connectivity index (χ1v) is 6.79. The van der Waals surface area contributed by atoms with Gasteiger partial charge in [-0.15, -0.1) is 0 Å². The first-order chi connectivity index (χ1) is 10.2. The van der Waals surface area contributed by atoms with Crippen LogP contribution in [-0.2, 0) is 17.8 Å². The highest BCUT2D eigenvalue weighted by molar-refractivity contribution is 5.94. The molecule has 0 radical (unpaired) electrons. The van der Waals surface area contributed by atoms with E-state index >= 15 is 0 Å². The lowest BCUT2D eigenvalue weighted by Crippen LogP contribution is -2.25. The molecule has 3 nitrogen and oxygen atoms in total. The fourth-order valence-electron chi connectivity index (χ4n) is 2.03. The topological polar surface area (TPSA) is 38.3 Å². The van der Waals surface area contributed by atoms with Crippen molar-refractivity contribution in [1.29, 1.82) is 0 Å². The number of carbonyl (C=O) groups excluding carboxylic acids is 1. The lowest BCUT2D eigenvalue weighted by Gasteiger charge is -2.06. The minimum Gasteiger partial charge on any atom is -0.380 e. The van der Waals surface area contributed by atoms with E-state index in [1.807, 2.05) is 18.2 Å². The van der Waals surface area contributed by atoms with Crippen LogP contribution in [0.3, 0.4) is 0 Å². The summed E-state index contributed by atoms with van der Waals surface area (Å²) in [6, 6.07) is 13.7. The highest BCUT2D eigenvalue weighted by Gasteiger charge is 2.05. The molecule has 0 bridgehead atoms. The zero-order valence-electron chi connectivity index (χ0n) is 11.9. The molecule has 0 aliphatic heterocycles. The van der Waals surface area contributed by atoms with Crippen molar-refractivity contribution < 1.29 is 13.9 Å². The number of methoxy groups -OCH3 is 1. The summed E-state index contributed by atoms with van der Waals surface area (Å²) in [6.07, 6.45) is 0.602. The molecule has 2 aromatic carbocycles. The smallest absolute Gasteiger partial charge is 0.251 e. The maximum absolute atomic E-state index is 13.0. The molecule has 0 spiro atoms. The predicted octanol–water partition coefficient (Wildman–Crippen LogP) is 2.94. The second kappa shape index (κ2) is 7.55. The maximum Gasteiger partial charge on any atom is 0.251 e. The van der Waals surface area contributed by atoms with Gasteiger partial charge in [0.15, 0.2) is 0 Å². The van der Waals surface area contributed by atoms with Gasteiger partial charge in [0.05, 0.1) is 6.61 Å². The molecule has 2 aromatic rings. The third kappa shape index (κ3) is 4.68. The number of amides is 1. The number of hydrogen-bond donors (Lipinski definition) is 1. The Morgan fingerprint density at radius 1 is 1.14 bits per heavy atom. The number of halogens is 1. The maximum atomic E-state index is 13.0. The quantitative estimate of drug-likeness (QED) is 0.887. The van der Waals surface area contributed by atoms with Crippen molar-refractivity contribution in [3.63, 3.8) is 0 Å². The summed E-state index contributed by atoms with van der Waals surface area (Å²) in [5.41, 5.74) is 2.49. The van der Waals surface area contributed by atoms with Crippen molar-refractivity contribution in [3.05, 3.63) is 71.0 Å². The Morgan fingerprint density at radius 2 is 1.90 bits per heavy atom. The Bertz CT molecular complexity index is 596. The van der Waals surface area contributed by atoms with Crippen molar-refractivity contribution in [2.24, 2.45) is 0 Å². The molecule has 0 aliphatic carbocycles. The summed E-state index contributed by atoms with van der Waals surface area (Å²) in [5.74, 6) is -0.386. The molecule has 1 N–H and O–H groups in total. The van der Waals surface area contributed by atoms with E-state index in [0.29, 0.717) is 25.1 Å². The van der Waals surface area contributed by atoms with Gasteiger partial charge < -0.3 is 10.1 Å². The lowest BCUT2D eigenvalue weighted by atomic mass is 10.1. The van der Waals surface area contributed by atoms with Crippen molar-refractivity contribution in [2.75, 3.05) is 13.7 Å². The van der Waals surface area contributed by atoms with E-state index in [9.17, 15) is 9.18 Å². The van der Waals surface area contributed by atoms with E-state index < -0.39 is 0 Å². The number of benzene rings is 2. The minimum absolute atomic E-state index is 0.129. The van der Waals surface area contributed by atoms with Gasteiger partial charge in [-0.05, 0) is 41.8 Å². The number of carbonyl (C=O) groups is 1. The zero-order valence-corrected chi connectivity index (χ0v) is 11.9. The number of hydrogen-bond acceptors (Lipinski definition) is 2. The summed E-state index contributed by atoms with van der Waals surface area (Å²) in [7, 11) is 1.63. The van der Waals surface area contributed by atoms with Gasteiger partial charge in [-0.1, -0.05) is 24.3 Å². The molecule has 0 fully saturated rings. The molecule has 0 saturated carbocycles. The van der Waals surface area contributed by atoms with Gasteiger partial charge in [-0.3, -0.25) is 4.79 Å². The van der Waals surface area contributed by atoms with Gasteiger partial charge in [-0.25, -0.2) is 4.39 Å². The normalized spacial score (nSPS) is 10.4. The summed E-state index contributed by atoms with van der Waals surface area (Å²) in [4.78, 5) is 12.0. The SMILES string of the molecule is COCc1ccc(C(=O)NCCc2cccc(F)c2)cc1. The molecular weight excluding hydrogens is 269 g/mol. The van der Waals surface area contributed by atoms with Gasteiger partial charge in [0.25, 0.3) is 5.91 Å². The van der Waals surface area contributed by atoms with Gasteiger partial charge >= 0.3 is 0 Å². The van der Waals surface area contributed by atoms with Crippen molar-refractivity contribution in [3.8, 4) is 0 Å². The van der Waals surface area contributed by atoms with Crippen LogP contribution < -0.4 is 5.32 Å². The number of nitrogens with one attached hydrogen (secondary N) is 1. The van der Waals surface area contributed by atoms with Crippen molar-refractivity contribution in [2.45, 2.75) is 13.0 Å². The largest absolute Gasteiger partial charge is 0.380 e. The molecule has 0 aromatic heterocycles. The molecular formula is C17H18FNO2. The second-order valence-corrected chi connectivity index (χ2v) is 4.77. The van der Waals surface area contributed by atoms with Crippen molar-refractivity contribution >= 4 is 5.91 Å². The highest BCUT2D eigenvalue weighted by Crippen LogP contribution is 2.06. The predicted molar refractivity (Wildman–Crippen MR) is 79.6 cm³/mol. The second-order valence-electron chi connectivity index (χ2n) is 4.77. The Kier molecular flexibility index (Phi) is 5.46. The van der Waals surface area contributed by atoms with Crippen LogP contribution in [0.4, 0.5) is 4.39 Å². The van der Waals surface area contributed by atoms with E-state index in [1.54, 1.807) is 25.3 Å². The van der Waals surface area contributed by atoms with Crippen LogP contribution in [0.5, 0.6) is 0 Å². The van der Waals surface area contributed by atoms with E-state index in [0.717, 1.165) is 11.1 Å². The van der Waals surface area contributed by atoms with Gasteiger partial charge in [0, 0.05) is 19.2 Å². The molecule has 0 aliphatic rings. The summed E-state index contributed by atoms with van der Waals surface area (Å²) >= 11 is 0. The van der Waals surface area contributed by atoms with Crippen LogP contribution in [0.1, 0.15) is 21.5 Å². The highest BCUT2D eigenvalue weighted by atomic mass is 19.1. The molecule has 0 heterocycles. The fraction of sp³-hybridized carbons (Fsp3) is 0.235. The van der Waals surface area contributed by atoms with E-state index in [-0.39, 0.29) is 11.7 Å². The first kappa shape index (κ1) is 15.2. The van der Waals surface area contributed by atoms with Gasteiger partial charge in [0.1, 0.15) is 5.82 Å². The molecule has 0 saturated heterocycles. The van der Waals surface area contributed by atoms with Gasteiger partial charge in [-0.2, -0.15) is 0 Å². The Labute approximate surface area is 123 Å². The molecule has 21 heavy (non-hydrogen) atoms. The molecule has 1 amide bonds. The minimum atomic E-state index is -0.257. The molecule has 0 unspecified atom stereocenters. The standard InChI is InChI=1S/C17H18FNO2/c1-21-12-14-5-7-15(8-6-14)17(20)19-10-9-13-3-2-4-16(18)11-13/h2-8,11H,9-10,12H2,1H3,(H,19,20). The Hall–Kier alpha value is -2.20. The summed E-state index contributed by atoms with van der Waals surface area (Å²) in [6.45, 7) is 1.00. The third-order valence-electron chi connectivity index (χ3n) is 3.12. The molecule has 4 heteroatoms. The van der Waals surface area contributed by atoms with E-state index in [1.165, 1.54) is 12.1 Å². The van der Waals surface area contributed by atoms with Crippen molar-refractivity contribution in [1.82, 2.24) is 5.32 Å². The van der Waals surface area contributed by atoms with Crippen LogP contribution >= 0.6 is 0 Å². The summed E-state index contributed by atoms with van der Waals surface area (Å²) < 4.78 is 18.0. The third-order valence-corrected chi connectivity index (χ3v) is 3.12. The van der Waals surface area contributed by atoms with Crippen LogP contribution in [0.25, 0.3) is 0 Å². The van der Waals surface area contributed by atoms with E-state index in [4.69, 9.17) is 4.74 Å². The Morgan fingerprint density at radius 3 is 2.57 bits per heavy atom. The summed E-state index contributed by atoms with van der Waals surface area (Å²) in [5, 5.41) is 2.83. The molecule has 0 atom stereocenters. The molecule has 2 rings (SSSR count). The zero-order chi connectivity index (χ0) is 15.1. The van der Waals surface area contributed by atoms with Crippen LogP contribution in [-0.4, -0.2) is 19.6 Å². The van der Waals surface area contributed by atoms with Gasteiger partial charge in [0.2, 0.25) is 0 Å². The Balaban J connectivity index is 1.84. The number of rotatable bonds is 6. The average Bonchev–Trinajstić information content (AvgIpc) is 2.48. The van der Waals surface area contributed by atoms with Crippen LogP contribution in [0.2, 0.25) is 0 Å².